The van der Waals surface area contributed by atoms with Crippen molar-refractivity contribution in [1.82, 2.24) is 0 Å². The van der Waals surface area contributed by atoms with Crippen molar-refractivity contribution in [2.24, 2.45) is 0 Å². The van der Waals surface area contributed by atoms with E-state index < -0.39 is 39.7 Å². The Hall–Kier alpha value is -2.56. The lowest BCUT2D eigenvalue weighted by atomic mass is 10.0. The number of alkyl halides is 2. The van der Waals surface area contributed by atoms with E-state index >= 15 is 0 Å². The fraction of sp³-hybridized carbons (Fsp3) is 0.200. The highest BCUT2D eigenvalue weighted by Gasteiger charge is 2.26. The molecular weight excluding hydrogens is 250 g/mol. The van der Waals surface area contributed by atoms with Crippen LogP contribution in [0.2, 0.25) is 0 Å². The van der Waals surface area contributed by atoms with Gasteiger partial charge in [-0.3, -0.25) is 10.1 Å². The highest BCUT2D eigenvalue weighted by molar-refractivity contribution is 5.94. The van der Waals surface area contributed by atoms with Crippen LogP contribution >= 0.6 is 0 Å². The number of nitro benzene ring substituents is 1. The van der Waals surface area contributed by atoms with E-state index in [1.165, 1.54) is 6.07 Å². The third-order valence-electron chi connectivity index (χ3n) is 2.11. The fourth-order valence-electron chi connectivity index (χ4n) is 1.31. The smallest absolute Gasteiger partial charge is 0.339 e. The van der Waals surface area contributed by atoms with Gasteiger partial charge in [0.05, 0.1) is 17.6 Å². The molecule has 1 aromatic carbocycles. The second kappa shape index (κ2) is 5.18. The highest BCUT2D eigenvalue weighted by Crippen LogP contribution is 2.29. The number of nitrogens with zero attached hydrogens (tertiary/aromatic N) is 2. The fourth-order valence-corrected chi connectivity index (χ4v) is 1.31. The number of halogens is 2. The maximum Gasteiger partial charge on any atom is 0.339 e. The van der Waals surface area contributed by atoms with Gasteiger partial charge in [0, 0.05) is 11.6 Å². The summed E-state index contributed by atoms with van der Waals surface area (Å²) in [5.41, 5.74) is -2.72. The van der Waals surface area contributed by atoms with Gasteiger partial charge in [-0.2, -0.15) is 5.26 Å². The first-order valence-electron chi connectivity index (χ1n) is 4.51. The summed E-state index contributed by atoms with van der Waals surface area (Å²) < 4.78 is 29.4. The first kappa shape index (κ1) is 13.5. The first-order valence-corrected chi connectivity index (χ1v) is 4.51. The SMILES string of the molecule is COC(=O)c1cc(C(F)F)cc([N+](=O)[O-])c1C#N. The maximum atomic E-state index is 12.5. The number of hydrogen-bond donors (Lipinski definition) is 0. The Labute approximate surface area is 99.5 Å². The number of esters is 1. The molecule has 0 fully saturated rings. The summed E-state index contributed by atoms with van der Waals surface area (Å²) in [6, 6.07) is 2.72. The van der Waals surface area contributed by atoms with Crippen molar-refractivity contribution in [1.29, 1.82) is 5.26 Å². The van der Waals surface area contributed by atoms with Crippen LogP contribution in [-0.2, 0) is 4.74 Å². The van der Waals surface area contributed by atoms with Gasteiger partial charge < -0.3 is 4.74 Å². The van der Waals surface area contributed by atoms with Crippen molar-refractivity contribution in [3.05, 3.63) is 38.9 Å². The molecule has 0 aliphatic rings. The summed E-state index contributed by atoms with van der Waals surface area (Å²) >= 11 is 0. The standard InChI is InChI=1S/C10H6F2N2O4/c1-18-10(15)6-2-5(9(11)12)3-8(14(16)17)7(6)4-13/h2-3,9H,1H3. The molecule has 94 valence electrons. The molecule has 0 atom stereocenters. The molecule has 8 heteroatoms. The minimum Gasteiger partial charge on any atom is -0.465 e. The minimum absolute atomic E-state index is 0.551. The number of nitro groups is 1. The summed E-state index contributed by atoms with van der Waals surface area (Å²) in [4.78, 5) is 21.0. The maximum absolute atomic E-state index is 12.5. The van der Waals surface area contributed by atoms with Gasteiger partial charge >= 0.3 is 5.97 Å². The van der Waals surface area contributed by atoms with E-state index in [2.05, 4.69) is 4.74 Å². The van der Waals surface area contributed by atoms with Crippen LogP contribution in [0.4, 0.5) is 14.5 Å². The molecule has 0 unspecified atom stereocenters. The Bertz CT molecular complexity index is 552. The number of carbonyl (C=O) groups is 1. The molecule has 0 aromatic heterocycles. The second-order valence-electron chi connectivity index (χ2n) is 3.12. The Morgan fingerprint density at radius 2 is 2.17 bits per heavy atom. The molecule has 0 spiro atoms. The van der Waals surface area contributed by atoms with Crippen molar-refractivity contribution < 1.29 is 23.2 Å². The van der Waals surface area contributed by atoms with Crippen molar-refractivity contribution in [3.63, 3.8) is 0 Å². The Morgan fingerprint density at radius 1 is 1.56 bits per heavy atom. The summed E-state index contributed by atoms with van der Waals surface area (Å²) in [6.45, 7) is 0. The Balaban J connectivity index is 3.62. The van der Waals surface area contributed by atoms with Gasteiger partial charge in [0.2, 0.25) is 0 Å². The summed E-state index contributed by atoms with van der Waals surface area (Å²) in [7, 11) is 0.977. The van der Waals surface area contributed by atoms with Gasteiger partial charge in [0.1, 0.15) is 11.6 Å². The molecule has 0 saturated carbocycles. The molecule has 0 bridgehead atoms. The van der Waals surface area contributed by atoms with Gasteiger partial charge in [0.25, 0.3) is 12.1 Å². The number of rotatable bonds is 3. The van der Waals surface area contributed by atoms with Crippen LogP contribution in [0.25, 0.3) is 0 Å². The van der Waals surface area contributed by atoms with Crippen LogP contribution in [0.3, 0.4) is 0 Å². The quantitative estimate of drug-likeness (QED) is 0.469. The van der Waals surface area contributed by atoms with Crippen LogP contribution < -0.4 is 0 Å². The summed E-state index contributed by atoms with van der Waals surface area (Å²) in [5, 5.41) is 19.4. The summed E-state index contributed by atoms with van der Waals surface area (Å²) in [5.74, 6) is -1.09. The number of nitriles is 1. The van der Waals surface area contributed by atoms with E-state index in [1.807, 2.05) is 0 Å². The van der Waals surface area contributed by atoms with Crippen LogP contribution in [0.1, 0.15) is 27.9 Å². The van der Waals surface area contributed by atoms with Crippen LogP contribution in [0.5, 0.6) is 0 Å². The molecule has 6 nitrogen and oxygen atoms in total. The number of methoxy groups -OCH3 is 1. The van der Waals surface area contributed by atoms with E-state index in [0.717, 1.165) is 7.11 Å². The third-order valence-corrected chi connectivity index (χ3v) is 2.11. The van der Waals surface area contributed by atoms with Gasteiger partial charge in [-0.15, -0.1) is 0 Å². The van der Waals surface area contributed by atoms with E-state index in [1.54, 1.807) is 0 Å². The monoisotopic (exact) mass is 256 g/mol. The zero-order chi connectivity index (χ0) is 13.9. The van der Waals surface area contributed by atoms with Gasteiger partial charge in [-0.05, 0) is 6.07 Å². The van der Waals surface area contributed by atoms with E-state index in [-0.39, 0.29) is 0 Å². The number of hydrogen-bond acceptors (Lipinski definition) is 5. The molecule has 0 saturated heterocycles. The van der Waals surface area contributed by atoms with Crippen LogP contribution in [0, 0.1) is 21.4 Å². The minimum atomic E-state index is -3.00. The molecule has 0 amide bonds. The molecule has 0 heterocycles. The van der Waals surface area contributed by atoms with Crippen molar-refractivity contribution >= 4 is 11.7 Å². The van der Waals surface area contributed by atoms with E-state index in [4.69, 9.17) is 5.26 Å². The predicted octanol–water partition coefficient (Wildman–Crippen LogP) is 2.19. The Morgan fingerprint density at radius 3 is 2.56 bits per heavy atom. The molecule has 1 aromatic rings. The average molecular weight is 256 g/mol. The molecule has 0 N–H and O–H groups in total. The lowest BCUT2D eigenvalue weighted by molar-refractivity contribution is -0.385. The van der Waals surface area contributed by atoms with Crippen molar-refractivity contribution in [2.75, 3.05) is 7.11 Å². The normalized spacial score (nSPS) is 9.94. The highest BCUT2D eigenvalue weighted by atomic mass is 19.3. The predicted molar refractivity (Wildman–Crippen MR) is 54.1 cm³/mol. The van der Waals surface area contributed by atoms with Gasteiger partial charge in [-0.1, -0.05) is 0 Å². The molecule has 1 rings (SSSR count). The lowest BCUT2D eigenvalue weighted by Crippen LogP contribution is -2.08. The van der Waals surface area contributed by atoms with Gasteiger partial charge in [0.15, 0.2) is 0 Å². The number of carbonyl (C=O) groups excluding carboxylic acids is 1. The first-order chi connectivity index (χ1) is 8.42. The van der Waals surface area contributed by atoms with Gasteiger partial charge in [-0.25, -0.2) is 13.6 Å². The number of benzene rings is 1. The molecular formula is C10H6F2N2O4. The second-order valence-corrected chi connectivity index (χ2v) is 3.12. The lowest BCUT2D eigenvalue weighted by Gasteiger charge is -2.06. The van der Waals surface area contributed by atoms with Crippen molar-refractivity contribution in [3.8, 4) is 6.07 Å². The largest absolute Gasteiger partial charge is 0.465 e. The third kappa shape index (κ3) is 2.40. The average Bonchev–Trinajstić information content (AvgIpc) is 2.35. The van der Waals surface area contributed by atoms with Crippen molar-refractivity contribution in [2.45, 2.75) is 6.43 Å². The van der Waals surface area contributed by atoms with E-state index in [9.17, 15) is 23.7 Å². The molecule has 0 aliphatic carbocycles. The molecule has 0 aliphatic heterocycles. The van der Waals surface area contributed by atoms with Crippen LogP contribution in [-0.4, -0.2) is 18.0 Å². The number of ether oxygens (including phenoxy) is 1. The van der Waals surface area contributed by atoms with E-state index in [0.29, 0.717) is 12.1 Å². The summed E-state index contributed by atoms with van der Waals surface area (Å²) in [6.07, 6.45) is -3.00. The zero-order valence-electron chi connectivity index (χ0n) is 9.02. The zero-order valence-corrected chi connectivity index (χ0v) is 9.02. The molecule has 18 heavy (non-hydrogen) atoms. The van der Waals surface area contributed by atoms with Crippen LogP contribution in [0.15, 0.2) is 12.1 Å². The Kier molecular flexibility index (Phi) is 3.89. The topological polar surface area (TPSA) is 93.2 Å². The molecule has 0 radical (unpaired) electrons.